The Bertz CT molecular complexity index is 1110. The first-order valence-electron chi connectivity index (χ1n) is 9.00. The molecule has 0 fully saturated rings. The van der Waals surface area contributed by atoms with Crippen LogP contribution in [0.25, 0.3) is 0 Å². The summed E-state index contributed by atoms with van der Waals surface area (Å²) in [5, 5.41) is 3.38. The Labute approximate surface area is 175 Å². The SMILES string of the molecule is Cc1ccc([C@@H](C)NC(=O)c2cccc(NS(=O)(=O)c3ccc(Cl)cc3)c2)cc1. The number of carbonyl (C=O) groups is 1. The van der Waals surface area contributed by atoms with Crippen LogP contribution in [-0.4, -0.2) is 14.3 Å². The molecule has 0 heterocycles. The number of sulfonamides is 1. The van der Waals surface area contributed by atoms with E-state index in [9.17, 15) is 13.2 Å². The molecule has 0 saturated carbocycles. The molecule has 0 aliphatic rings. The lowest BCUT2D eigenvalue weighted by molar-refractivity contribution is 0.0940. The Morgan fingerprint density at radius 1 is 0.966 bits per heavy atom. The number of carbonyl (C=O) groups excluding carboxylic acids is 1. The lowest BCUT2D eigenvalue weighted by atomic mass is 10.1. The summed E-state index contributed by atoms with van der Waals surface area (Å²) in [5.74, 6) is -0.286. The van der Waals surface area contributed by atoms with Crippen LogP contribution in [0.1, 0.15) is 34.5 Å². The third-order valence-electron chi connectivity index (χ3n) is 4.43. The predicted octanol–water partition coefficient (Wildman–Crippen LogP) is 4.94. The molecule has 1 atom stereocenters. The molecule has 3 aromatic rings. The molecule has 0 aliphatic heterocycles. The highest BCUT2D eigenvalue weighted by molar-refractivity contribution is 7.92. The first-order chi connectivity index (χ1) is 13.7. The monoisotopic (exact) mass is 428 g/mol. The molecule has 3 rings (SSSR count). The van der Waals surface area contributed by atoms with Gasteiger partial charge in [-0.05, 0) is 61.9 Å². The van der Waals surface area contributed by atoms with Gasteiger partial charge >= 0.3 is 0 Å². The quantitative estimate of drug-likeness (QED) is 0.583. The number of benzene rings is 3. The third-order valence-corrected chi connectivity index (χ3v) is 6.08. The minimum atomic E-state index is -3.78. The molecule has 0 saturated heterocycles. The summed E-state index contributed by atoms with van der Waals surface area (Å²) in [6.07, 6.45) is 0. The highest BCUT2D eigenvalue weighted by atomic mass is 35.5. The Kier molecular flexibility index (Phi) is 6.25. The van der Waals surface area contributed by atoms with Gasteiger partial charge in [0.05, 0.1) is 10.9 Å². The lowest BCUT2D eigenvalue weighted by Crippen LogP contribution is -2.26. The Balaban J connectivity index is 1.74. The van der Waals surface area contributed by atoms with Crippen LogP contribution in [0.4, 0.5) is 5.69 Å². The summed E-state index contributed by atoms with van der Waals surface area (Å²) in [6, 6.07) is 20.0. The van der Waals surface area contributed by atoms with Gasteiger partial charge < -0.3 is 5.32 Å². The van der Waals surface area contributed by atoms with E-state index in [-0.39, 0.29) is 16.8 Å². The second kappa shape index (κ2) is 8.68. The van der Waals surface area contributed by atoms with Crippen molar-refractivity contribution >= 4 is 33.2 Å². The summed E-state index contributed by atoms with van der Waals surface area (Å²) in [7, 11) is -3.78. The van der Waals surface area contributed by atoms with Gasteiger partial charge in [0.25, 0.3) is 15.9 Å². The van der Waals surface area contributed by atoms with E-state index in [4.69, 9.17) is 11.6 Å². The average molecular weight is 429 g/mol. The fourth-order valence-electron chi connectivity index (χ4n) is 2.77. The molecular formula is C22H21ClN2O3S. The Hall–Kier alpha value is -2.83. The second-order valence-electron chi connectivity index (χ2n) is 6.75. The average Bonchev–Trinajstić information content (AvgIpc) is 2.68. The molecule has 0 unspecified atom stereocenters. The van der Waals surface area contributed by atoms with Crippen molar-refractivity contribution in [2.45, 2.75) is 24.8 Å². The van der Waals surface area contributed by atoms with Gasteiger partial charge in [-0.2, -0.15) is 0 Å². The van der Waals surface area contributed by atoms with Crippen LogP contribution < -0.4 is 10.0 Å². The van der Waals surface area contributed by atoms with Crippen LogP contribution in [0.2, 0.25) is 5.02 Å². The van der Waals surface area contributed by atoms with Crippen molar-refractivity contribution in [3.05, 3.63) is 94.5 Å². The third kappa shape index (κ3) is 5.37. The van der Waals surface area contributed by atoms with Crippen molar-refractivity contribution in [2.75, 3.05) is 4.72 Å². The van der Waals surface area contributed by atoms with Crippen molar-refractivity contribution in [3.63, 3.8) is 0 Å². The molecule has 7 heteroatoms. The zero-order chi connectivity index (χ0) is 21.0. The van der Waals surface area contributed by atoms with Crippen molar-refractivity contribution < 1.29 is 13.2 Å². The number of hydrogen-bond donors (Lipinski definition) is 2. The van der Waals surface area contributed by atoms with Crippen LogP contribution >= 0.6 is 11.6 Å². The van der Waals surface area contributed by atoms with Gasteiger partial charge in [-0.25, -0.2) is 8.42 Å². The minimum Gasteiger partial charge on any atom is -0.346 e. The number of aryl methyl sites for hydroxylation is 1. The van der Waals surface area contributed by atoms with Gasteiger partial charge in [0, 0.05) is 16.3 Å². The van der Waals surface area contributed by atoms with Gasteiger partial charge in [-0.1, -0.05) is 47.5 Å². The molecule has 29 heavy (non-hydrogen) atoms. The first kappa shape index (κ1) is 20.9. The standard InChI is InChI=1S/C22H21ClN2O3S/c1-15-6-8-17(9-7-15)16(2)24-22(26)18-4-3-5-20(14-18)25-29(27,28)21-12-10-19(23)11-13-21/h3-14,16,25H,1-2H3,(H,24,26)/t16-/m1/s1. The molecule has 0 aliphatic carbocycles. The van der Waals surface area contributed by atoms with E-state index >= 15 is 0 Å². The summed E-state index contributed by atoms with van der Waals surface area (Å²) >= 11 is 5.81. The largest absolute Gasteiger partial charge is 0.346 e. The van der Waals surface area contributed by atoms with E-state index in [0.29, 0.717) is 16.3 Å². The van der Waals surface area contributed by atoms with Gasteiger partial charge in [0.1, 0.15) is 0 Å². The summed E-state index contributed by atoms with van der Waals surface area (Å²) < 4.78 is 27.5. The maximum atomic E-state index is 12.6. The first-order valence-corrected chi connectivity index (χ1v) is 10.9. The molecule has 150 valence electrons. The zero-order valence-electron chi connectivity index (χ0n) is 16.0. The van der Waals surface area contributed by atoms with Crippen LogP contribution in [0.3, 0.4) is 0 Å². The maximum absolute atomic E-state index is 12.6. The molecule has 2 N–H and O–H groups in total. The van der Waals surface area contributed by atoms with Crippen LogP contribution in [-0.2, 0) is 10.0 Å². The number of hydrogen-bond acceptors (Lipinski definition) is 3. The van der Waals surface area contributed by atoms with Crippen molar-refractivity contribution in [1.29, 1.82) is 0 Å². The number of rotatable bonds is 6. The lowest BCUT2D eigenvalue weighted by Gasteiger charge is -2.15. The molecule has 5 nitrogen and oxygen atoms in total. The zero-order valence-corrected chi connectivity index (χ0v) is 17.6. The van der Waals surface area contributed by atoms with Gasteiger partial charge in [0.15, 0.2) is 0 Å². The highest BCUT2D eigenvalue weighted by Crippen LogP contribution is 2.20. The van der Waals surface area contributed by atoms with Crippen LogP contribution in [0, 0.1) is 6.92 Å². The smallest absolute Gasteiger partial charge is 0.261 e. The Morgan fingerprint density at radius 2 is 1.62 bits per heavy atom. The Morgan fingerprint density at radius 3 is 2.28 bits per heavy atom. The minimum absolute atomic E-state index is 0.0877. The summed E-state index contributed by atoms with van der Waals surface area (Å²) in [4.78, 5) is 12.7. The van der Waals surface area contributed by atoms with E-state index in [0.717, 1.165) is 11.1 Å². The second-order valence-corrected chi connectivity index (χ2v) is 8.86. The normalized spacial score (nSPS) is 12.2. The molecule has 0 radical (unpaired) electrons. The van der Waals surface area contributed by atoms with Crippen molar-refractivity contribution in [3.8, 4) is 0 Å². The van der Waals surface area contributed by atoms with E-state index in [1.807, 2.05) is 38.1 Å². The summed E-state index contributed by atoms with van der Waals surface area (Å²) in [6.45, 7) is 3.90. The van der Waals surface area contributed by atoms with E-state index < -0.39 is 10.0 Å². The highest BCUT2D eigenvalue weighted by Gasteiger charge is 2.16. The van der Waals surface area contributed by atoms with E-state index in [1.54, 1.807) is 18.2 Å². The fourth-order valence-corrected chi connectivity index (χ4v) is 3.95. The van der Waals surface area contributed by atoms with Gasteiger partial charge in [0.2, 0.25) is 0 Å². The van der Waals surface area contributed by atoms with Crippen molar-refractivity contribution in [1.82, 2.24) is 5.32 Å². The van der Waals surface area contributed by atoms with Crippen molar-refractivity contribution in [2.24, 2.45) is 0 Å². The van der Waals surface area contributed by atoms with Gasteiger partial charge in [-0.15, -0.1) is 0 Å². The molecule has 3 aromatic carbocycles. The predicted molar refractivity (Wildman–Crippen MR) is 116 cm³/mol. The molecule has 0 spiro atoms. The topological polar surface area (TPSA) is 75.3 Å². The number of nitrogens with one attached hydrogen (secondary N) is 2. The number of halogens is 1. The maximum Gasteiger partial charge on any atom is 0.261 e. The number of anilines is 1. The molecular weight excluding hydrogens is 408 g/mol. The van der Waals surface area contributed by atoms with Gasteiger partial charge in [-0.3, -0.25) is 9.52 Å². The number of amides is 1. The van der Waals surface area contributed by atoms with E-state index in [2.05, 4.69) is 10.0 Å². The summed E-state index contributed by atoms with van der Waals surface area (Å²) in [5.41, 5.74) is 2.80. The molecule has 1 amide bonds. The van der Waals surface area contributed by atoms with E-state index in [1.165, 1.54) is 30.3 Å². The van der Waals surface area contributed by atoms with Crippen LogP contribution in [0.15, 0.2) is 77.7 Å². The molecule has 0 aromatic heterocycles. The fraction of sp³-hybridized carbons (Fsp3) is 0.136. The van der Waals surface area contributed by atoms with Crippen LogP contribution in [0.5, 0.6) is 0 Å². The molecule has 0 bridgehead atoms.